The molecule has 4 aromatic rings. The number of anilines is 1. The van der Waals surface area contributed by atoms with Gasteiger partial charge in [0, 0.05) is 21.8 Å². The highest BCUT2D eigenvalue weighted by atomic mass is 35.5. The van der Waals surface area contributed by atoms with Gasteiger partial charge in [0.25, 0.3) is 5.91 Å². The maximum absolute atomic E-state index is 12.7. The number of nitrogens with one attached hydrogen (secondary N) is 1. The first kappa shape index (κ1) is 20.0. The summed E-state index contributed by atoms with van der Waals surface area (Å²) in [5, 5.41) is 3.57. The van der Waals surface area contributed by atoms with Crippen LogP contribution in [-0.4, -0.2) is 17.5 Å². The number of hydrogen-bond donors (Lipinski definition) is 1. The molecule has 4 rings (SSSR count). The van der Waals surface area contributed by atoms with Crippen molar-refractivity contribution in [3.63, 3.8) is 0 Å². The van der Waals surface area contributed by atoms with E-state index in [9.17, 15) is 4.79 Å². The molecule has 0 radical (unpaired) electrons. The van der Waals surface area contributed by atoms with E-state index in [1.54, 1.807) is 42.5 Å². The number of nitrogens with zero attached hydrogens (tertiary/aromatic N) is 1. The molecule has 0 unspecified atom stereocenters. The van der Waals surface area contributed by atoms with Gasteiger partial charge >= 0.3 is 0 Å². The molecular formula is C24H21ClN2O3. The average Bonchev–Trinajstić information content (AvgIpc) is 3.17. The van der Waals surface area contributed by atoms with E-state index in [0.717, 1.165) is 23.3 Å². The van der Waals surface area contributed by atoms with E-state index in [1.165, 1.54) is 0 Å². The minimum Gasteiger partial charge on any atom is -0.494 e. The molecule has 1 N–H and O–H groups in total. The second-order valence-corrected chi connectivity index (χ2v) is 7.42. The monoisotopic (exact) mass is 420 g/mol. The zero-order valence-corrected chi connectivity index (χ0v) is 17.5. The molecule has 5 nitrogen and oxygen atoms in total. The van der Waals surface area contributed by atoms with E-state index in [2.05, 4.69) is 10.3 Å². The van der Waals surface area contributed by atoms with Gasteiger partial charge in [-0.3, -0.25) is 4.79 Å². The molecular weight excluding hydrogens is 400 g/mol. The lowest BCUT2D eigenvalue weighted by Crippen LogP contribution is -2.12. The van der Waals surface area contributed by atoms with E-state index in [-0.39, 0.29) is 5.91 Å². The summed E-state index contributed by atoms with van der Waals surface area (Å²) in [5.74, 6) is 1.03. The van der Waals surface area contributed by atoms with Crippen LogP contribution in [0.4, 0.5) is 5.69 Å². The Bertz CT molecular complexity index is 1200. The van der Waals surface area contributed by atoms with Crippen LogP contribution in [0.3, 0.4) is 0 Å². The van der Waals surface area contributed by atoms with Crippen LogP contribution >= 0.6 is 11.6 Å². The Morgan fingerprint density at radius 2 is 1.90 bits per heavy atom. The number of aryl methyl sites for hydroxylation is 1. The zero-order valence-electron chi connectivity index (χ0n) is 16.7. The van der Waals surface area contributed by atoms with Crippen LogP contribution in [-0.2, 0) is 0 Å². The van der Waals surface area contributed by atoms with Crippen LogP contribution in [0.15, 0.2) is 65.1 Å². The van der Waals surface area contributed by atoms with E-state index >= 15 is 0 Å². The van der Waals surface area contributed by atoms with Crippen molar-refractivity contribution in [1.82, 2.24) is 4.98 Å². The highest BCUT2D eigenvalue weighted by molar-refractivity contribution is 6.31. The number of rotatable bonds is 6. The number of aromatic nitrogens is 1. The highest BCUT2D eigenvalue weighted by Crippen LogP contribution is 2.29. The molecule has 0 bridgehead atoms. The fourth-order valence-electron chi connectivity index (χ4n) is 3.03. The lowest BCUT2D eigenvalue weighted by Gasteiger charge is -2.10. The van der Waals surface area contributed by atoms with Crippen molar-refractivity contribution in [2.24, 2.45) is 0 Å². The van der Waals surface area contributed by atoms with Gasteiger partial charge in [0.05, 0.1) is 6.61 Å². The maximum Gasteiger partial charge on any atom is 0.255 e. The third-order valence-corrected chi connectivity index (χ3v) is 4.91. The number of hydrogen-bond acceptors (Lipinski definition) is 4. The van der Waals surface area contributed by atoms with Gasteiger partial charge in [-0.25, -0.2) is 4.98 Å². The second-order valence-electron chi connectivity index (χ2n) is 6.99. The third-order valence-electron chi connectivity index (χ3n) is 4.67. The van der Waals surface area contributed by atoms with Crippen LogP contribution in [0.1, 0.15) is 29.3 Å². The first-order valence-electron chi connectivity index (χ1n) is 9.75. The molecule has 1 heterocycles. The summed E-state index contributed by atoms with van der Waals surface area (Å²) >= 11 is 6.03. The Morgan fingerprint density at radius 1 is 1.10 bits per heavy atom. The molecule has 6 heteroatoms. The third kappa shape index (κ3) is 4.31. The van der Waals surface area contributed by atoms with Crippen LogP contribution < -0.4 is 10.1 Å². The van der Waals surface area contributed by atoms with Gasteiger partial charge in [0.1, 0.15) is 11.3 Å². The number of benzene rings is 3. The van der Waals surface area contributed by atoms with Crippen molar-refractivity contribution in [3.05, 3.63) is 76.8 Å². The van der Waals surface area contributed by atoms with Crippen molar-refractivity contribution < 1.29 is 13.9 Å². The lowest BCUT2D eigenvalue weighted by atomic mass is 10.1. The number of ether oxygens (including phenoxy) is 1. The van der Waals surface area contributed by atoms with Crippen LogP contribution in [0.2, 0.25) is 5.02 Å². The molecule has 30 heavy (non-hydrogen) atoms. The summed E-state index contributed by atoms with van der Waals surface area (Å²) in [6, 6.07) is 18.1. The molecule has 0 saturated carbocycles. The van der Waals surface area contributed by atoms with Crippen molar-refractivity contribution >= 4 is 34.3 Å². The molecule has 0 saturated heterocycles. The molecule has 0 aliphatic heterocycles. The van der Waals surface area contributed by atoms with Crippen LogP contribution in [0, 0.1) is 6.92 Å². The first-order valence-corrected chi connectivity index (χ1v) is 10.1. The quantitative estimate of drug-likeness (QED) is 0.386. The molecule has 0 atom stereocenters. The number of fused-ring (bicyclic) bond motifs is 1. The molecule has 3 aromatic carbocycles. The van der Waals surface area contributed by atoms with E-state index < -0.39 is 0 Å². The average molecular weight is 421 g/mol. The van der Waals surface area contributed by atoms with Crippen LogP contribution in [0.5, 0.6) is 5.75 Å². The van der Waals surface area contributed by atoms with Gasteiger partial charge in [0.15, 0.2) is 5.58 Å². The van der Waals surface area contributed by atoms with Crippen molar-refractivity contribution in [3.8, 4) is 17.2 Å². The SMILES string of the molecule is CCCOc1ccc(C(=O)Nc2cc(-c3nc4cc(Cl)ccc4o3)ccc2C)cc1. The predicted octanol–water partition coefficient (Wildman–Crippen LogP) is 6.50. The summed E-state index contributed by atoms with van der Waals surface area (Å²) in [4.78, 5) is 17.2. The Morgan fingerprint density at radius 3 is 2.67 bits per heavy atom. The summed E-state index contributed by atoms with van der Waals surface area (Å²) in [7, 11) is 0. The van der Waals surface area contributed by atoms with E-state index in [1.807, 2.05) is 32.0 Å². The number of carbonyl (C=O) groups excluding carboxylic acids is 1. The summed E-state index contributed by atoms with van der Waals surface area (Å²) in [5.41, 5.74) is 4.31. The van der Waals surface area contributed by atoms with Crippen molar-refractivity contribution in [2.45, 2.75) is 20.3 Å². The summed E-state index contributed by atoms with van der Waals surface area (Å²) in [6.45, 7) is 4.64. The molecule has 0 spiro atoms. The Balaban J connectivity index is 1.56. The van der Waals surface area contributed by atoms with Crippen molar-refractivity contribution in [1.29, 1.82) is 0 Å². The van der Waals surface area contributed by atoms with E-state index in [4.69, 9.17) is 20.8 Å². The van der Waals surface area contributed by atoms with Gasteiger partial charge in [-0.1, -0.05) is 24.6 Å². The Hall–Kier alpha value is -3.31. The summed E-state index contributed by atoms with van der Waals surface area (Å²) in [6.07, 6.45) is 0.935. The van der Waals surface area contributed by atoms with Gasteiger partial charge in [0.2, 0.25) is 5.89 Å². The van der Waals surface area contributed by atoms with Crippen molar-refractivity contribution in [2.75, 3.05) is 11.9 Å². The molecule has 0 aliphatic rings. The molecule has 1 amide bonds. The Kier molecular flexibility index (Phi) is 5.72. The molecule has 0 fully saturated rings. The normalized spacial score (nSPS) is 10.9. The molecule has 152 valence electrons. The highest BCUT2D eigenvalue weighted by Gasteiger charge is 2.13. The zero-order chi connectivity index (χ0) is 21.1. The number of carbonyl (C=O) groups is 1. The maximum atomic E-state index is 12.7. The second kappa shape index (κ2) is 8.59. The summed E-state index contributed by atoms with van der Waals surface area (Å²) < 4.78 is 11.4. The van der Waals surface area contributed by atoms with Crippen LogP contribution in [0.25, 0.3) is 22.6 Å². The van der Waals surface area contributed by atoms with Gasteiger partial charge in [-0.15, -0.1) is 0 Å². The lowest BCUT2D eigenvalue weighted by molar-refractivity contribution is 0.102. The molecule has 0 aliphatic carbocycles. The topological polar surface area (TPSA) is 64.4 Å². The first-order chi connectivity index (χ1) is 14.5. The van der Waals surface area contributed by atoms with Gasteiger partial charge in [-0.2, -0.15) is 0 Å². The fourth-order valence-corrected chi connectivity index (χ4v) is 3.20. The molecule has 1 aromatic heterocycles. The van der Waals surface area contributed by atoms with Gasteiger partial charge < -0.3 is 14.5 Å². The van der Waals surface area contributed by atoms with Gasteiger partial charge in [-0.05, 0) is 73.5 Å². The number of oxazole rings is 1. The standard InChI is InChI=1S/C24H21ClN2O3/c1-3-12-29-19-9-6-16(7-10-19)23(28)26-20-13-17(5-4-15(20)2)24-27-21-14-18(25)8-11-22(21)30-24/h4-11,13-14H,3,12H2,1-2H3,(H,26,28). The largest absolute Gasteiger partial charge is 0.494 e. The minimum absolute atomic E-state index is 0.193. The minimum atomic E-state index is -0.193. The fraction of sp³-hybridized carbons (Fsp3) is 0.167. The predicted molar refractivity (Wildman–Crippen MR) is 119 cm³/mol. The number of halogens is 1. The number of amides is 1. The smallest absolute Gasteiger partial charge is 0.255 e. The Labute approximate surface area is 179 Å². The van der Waals surface area contributed by atoms with E-state index in [0.29, 0.717) is 39.9 Å².